The summed E-state index contributed by atoms with van der Waals surface area (Å²) in [5, 5.41) is 12.3. The molecular formula is C22H26N2O5. The Kier molecular flexibility index (Phi) is 6.64. The van der Waals surface area contributed by atoms with E-state index >= 15 is 0 Å². The monoisotopic (exact) mass is 398 g/mol. The van der Waals surface area contributed by atoms with E-state index in [9.17, 15) is 19.5 Å². The maximum absolute atomic E-state index is 12.7. The second-order valence-corrected chi connectivity index (χ2v) is 7.72. The van der Waals surface area contributed by atoms with Gasteiger partial charge in [0.25, 0.3) is 5.91 Å². The van der Waals surface area contributed by atoms with Crippen molar-refractivity contribution in [2.24, 2.45) is 0 Å². The van der Waals surface area contributed by atoms with Crippen LogP contribution in [0.15, 0.2) is 48.5 Å². The Bertz CT molecular complexity index is 903. The quantitative estimate of drug-likeness (QED) is 0.785. The van der Waals surface area contributed by atoms with Crippen LogP contribution in [0.4, 0.5) is 10.5 Å². The lowest BCUT2D eigenvalue weighted by Gasteiger charge is -2.25. The Hall–Kier alpha value is -3.35. The molecule has 0 saturated heterocycles. The van der Waals surface area contributed by atoms with Crippen molar-refractivity contribution in [3.63, 3.8) is 0 Å². The van der Waals surface area contributed by atoms with Crippen LogP contribution < -0.4 is 10.2 Å². The Morgan fingerprint density at radius 3 is 2.17 bits per heavy atom. The van der Waals surface area contributed by atoms with Crippen LogP contribution in [0.2, 0.25) is 0 Å². The van der Waals surface area contributed by atoms with Gasteiger partial charge in [0.2, 0.25) is 0 Å². The van der Waals surface area contributed by atoms with Crippen LogP contribution in [0.3, 0.4) is 0 Å². The summed E-state index contributed by atoms with van der Waals surface area (Å²) < 4.78 is 5.32. The highest BCUT2D eigenvalue weighted by Crippen LogP contribution is 2.22. The first-order chi connectivity index (χ1) is 13.5. The number of ether oxygens (including phenoxy) is 1. The molecule has 0 saturated carbocycles. The minimum atomic E-state index is -1.20. The molecule has 0 fully saturated rings. The maximum atomic E-state index is 12.7. The molecule has 2 N–H and O–H groups in total. The van der Waals surface area contributed by atoms with E-state index in [1.807, 2.05) is 37.3 Å². The van der Waals surface area contributed by atoms with Gasteiger partial charge in [-0.05, 0) is 51.5 Å². The first kappa shape index (κ1) is 21.9. The van der Waals surface area contributed by atoms with Gasteiger partial charge in [-0.3, -0.25) is 9.69 Å². The highest BCUT2D eigenvalue weighted by Gasteiger charge is 2.23. The van der Waals surface area contributed by atoms with E-state index in [0.717, 1.165) is 5.56 Å². The number of carboxylic acids is 1. The van der Waals surface area contributed by atoms with Crippen molar-refractivity contribution >= 4 is 23.7 Å². The maximum Gasteiger partial charge on any atom is 0.414 e. The van der Waals surface area contributed by atoms with Gasteiger partial charge >= 0.3 is 12.1 Å². The van der Waals surface area contributed by atoms with Crippen LogP contribution >= 0.6 is 0 Å². The summed E-state index contributed by atoms with van der Waals surface area (Å²) in [5.74, 6) is -1.64. The molecule has 0 spiro atoms. The van der Waals surface area contributed by atoms with Crippen LogP contribution in [0.25, 0.3) is 0 Å². The zero-order valence-corrected chi connectivity index (χ0v) is 17.2. The number of anilines is 1. The Morgan fingerprint density at radius 2 is 1.62 bits per heavy atom. The summed E-state index contributed by atoms with van der Waals surface area (Å²) in [6.45, 7) is 7.03. The molecular weight excluding hydrogens is 372 g/mol. The van der Waals surface area contributed by atoms with Crippen LogP contribution in [0, 0.1) is 0 Å². The number of carboxylic acid groups (broad SMARTS) is 1. The number of nitrogens with zero attached hydrogens (tertiary/aromatic N) is 1. The fourth-order valence-corrected chi connectivity index (χ4v) is 2.60. The molecule has 2 aromatic rings. The minimum Gasteiger partial charge on any atom is -0.478 e. The smallest absolute Gasteiger partial charge is 0.414 e. The third-order valence-electron chi connectivity index (χ3n) is 4.13. The van der Waals surface area contributed by atoms with E-state index < -0.39 is 23.6 Å². The highest BCUT2D eigenvalue weighted by molar-refractivity contribution is 6.00. The zero-order chi connectivity index (χ0) is 21.8. The van der Waals surface area contributed by atoms with Gasteiger partial charge in [0.15, 0.2) is 0 Å². The predicted octanol–water partition coefficient (Wildman–Crippen LogP) is 4.25. The Labute approximate surface area is 170 Å². The molecule has 2 aromatic carbocycles. The van der Waals surface area contributed by atoms with Crippen LogP contribution in [-0.2, 0) is 4.74 Å². The van der Waals surface area contributed by atoms with Gasteiger partial charge in [0, 0.05) is 18.3 Å². The molecule has 2 rings (SSSR count). The van der Waals surface area contributed by atoms with Crippen molar-refractivity contribution in [2.75, 3.05) is 11.9 Å². The molecule has 0 aromatic heterocycles. The standard InChI is InChI=1S/C22H26N2O5/c1-14(15-9-7-6-8-10-15)23-19(25)16-11-17(20(26)27)13-18(12-16)24(5)21(28)29-22(2,3)4/h6-14H,1-5H3,(H,23,25)(H,26,27)/t14-/m1/s1. The topological polar surface area (TPSA) is 95.9 Å². The van der Waals surface area contributed by atoms with Gasteiger partial charge in [0.1, 0.15) is 5.60 Å². The third kappa shape index (κ3) is 6.07. The lowest BCUT2D eigenvalue weighted by molar-refractivity contribution is 0.0587. The van der Waals surface area contributed by atoms with Gasteiger partial charge in [0.05, 0.1) is 11.6 Å². The number of carbonyl (C=O) groups is 3. The molecule has 29 heavy (non-hydrogen) atoms. The van der Waals surface area contributed by atoms with Crippen molar-refractivity contribution in [1.29, 1.82) is 0 Å². The average Bonchev–Trinajstić information content (AvgIpc) is 2.66. The van der Waals surface area contributed by atoms with Crippen molar-refractivity contribution in [1.82, 2.24) is 5.32 Å². The second kappa shape index (κ2) is 8.77. The molecule has 0 unspecified atom stereocenters. The summed E-state index contributed by atoms with van der Waals surface area (Å²) in [7, 11) is 1.46. The lowest BCUT2D eigenvalue weighted by atomic mass is 10.1. The molecule has 0 radical (unpaired) electrons. The second-order valence-electron chi connectivity index (χ2n) is 7.72. The normalized spacial score (nSPS) is 12.0. The third-order valence-corrected chi connectivity index (χ3v) is 4.13. The number of amides is 2. The summed E-state index contributed by atoms with van der Waals surface area (Å²) in [6, 6.07) is 13.2. The number of carbonyl (C=O) groups excluding carboxylic acids is 2. The highest BCUT2D eigenvalue weighted by atomic mass is 16.6. The SMILES string of the molecule is C[C@@H](NC(=O)c1cc(C(=O)O)cc(N(C)C(=O)OC(C)(C)C)c1)c1ccccc1. The average molecular weight is 398 g/mol. The number of benzene rings is 2. The molecule has 0 bridgehead atoms. The first-order valence-corrected chi connectivity index (χ1v) is 9.19. The largest absolute Gasteiger partial charge is 0.478 e. The van der Waals surface area contributed by atoms with E-state index in [-0.39, 0.29) is 22.9 Å². The van der Waals surface area contributed by atoms with Gasteiger partial charge in [-0.1, -0.05) is 30.3 Å². The predicted molar refractivity (Wildman–Crippen MR) is 110 cm³/mol. The number of aromatic carboxylic acids is 1. The van der Waals surface area contributed by atoms with Crippen molar-refractivity contribution in [2.45, 2.75) is 39.3 Å². The molecule has 2 amide bonds. The van der Waals surface area contributed by atoms with E-state index in [4.69, 9.17) is 4.74 Å². The fraction of sp³-hybridized carbons (Fsp3) is 0.318. The van der Waals surface area contributed by atoms with Gasteiger partial charge in [-0.25, -0.2) is 9.59 Å². The number of hydrogen-bond acceptors (Lipinski definition) is 4. The molecule has 154 valence electrons. The number of nitrogens with one attached hydrogen (secondary N) is 1. The molecule has 0 aliphatic heterocycles. The molecule has 7 heteroatoms. The van der Waals surface area contributed by atoms with E-state index in [2.05, 4.69) is 5.32 Å². The molecule has 7 nitrogen and oxygen atoms in total. The van der Waals surface area contributed by atoms with E-state index in [1.54, 1.807) is 20.8 Å². The van der Waals surface area contributed by atoms with Crippen LogP contribution in [0.5, 0.6) is 0 Å². The van der Waals surface area contributed by atoms with Crippen molar-refractivity contribution in [3.05, 3.63) is 65.2 Å². The Balaban J connectivity index is 2.31. The Morgan fingerprint density at radius 1 is 1.03 bits per heavy atom. The summed E-state index contributed by atoms with van der Waals surface area (Å²) in [5.41, 5.74) is 0.493. The zero-order valence-electron chi connectivity index (χ0n) is 17.2. The molecule has 1 atom stereocenters. The number of rotatable bonds is 5. The van der Waals surface area contributed by atoms with Crippen molar-refractivity contribution < 1.29 is 24.2 Å². The van der Waals surface area contributed by atoms with Crippen LogP contribution in [-0.4, -0.2) is 35.7 Å². The molecule has 0 aliphatic carbocycles. The summed E-state index contributed by atoms with van der Waals surface area (Å²) in [4.78, 5) is 37.8. The van der Waals surface area contributed by atoms with Gasteiger partial charge < -0.3 is 15.2 Å². The van der Waals surface area contributed by atoms with Gasteiger partial charge in [-0.15, -0.1) is 0 Å². The van der Waals surface area contributed by atoms with E-state index in [1.165, 1.54) is 30.1 Å². The number of hydrogen-bond donors (Lipinski definition) is 2. The van der Waals surface area contributed by atoms with Gasteiger partial charge in [-0.2, -0.15) is 0 Å². The van der Waals surface area contributed by atoms with Crippen molar-refractivity contribution in [3.8, 4) is 0 Å². The summed E-state index contributed by atoms with van der Waals surface area (Å²) >= 11 is 0. The minimum absolute atomic E-state index is 0.101. The lowest BCUT2D eigenvalue weighted by Crippen LogP contribution is -2.34. The first-order valence-electron chi connectivity index (χ1n) is 9.19. The van der Waals surface area contributed by atoms with Crippen LogP contribution in [0.1, 0.15) is 60.0 Å². The molecule has 0 heterocycles. The van der Waals surface area contributed by atoms with E-state index in [0.29, 0.717) is 0 Å². The summed E-state index contributed by atoms with van der Waals surface area (Å²) in [6.07, 6.45) is -0.649. The fourth-order valence-electron chi connectivity index (χ4n) is 2.60. The molecule has 0 aliphatic rings.